The fourth-order valence-electron chi connectivity index (χ4n) is 3.59. The van der Waals surface area contributed by atoms with Crippen LogP contribution in [0.2, 0.25) is 0 Å². The molecule has 1 aliphatic heterocycles. The quantitative estimate of drug-likeness (QED) is 0.707. The topological polar surface area (TPSA) is 76.1 Å². The number of methoxy groups -OCH3 is 1. The van der Waals surface area contributed by atoms with Crippen LogP contribution in [0.3, 0.4) is 0 Å². The van der Waals surface area contributed by atoms with Crippen molar-refractivity contribution >= 4 is 11.7 Å². The second kappa shape index (κ2) is 9.03. The van der Waals surface area contributed by atoms with Gasteiger partial charge >= 0.3 is 0 Å². The summed E-state index contributed by atoms with van der Waals surface area (Å²) in [6.07, 6.45) is 0. The van der Waals surface area contributed by atoms with Crippen molar-refractivity contribution < 1.29 is 24.2 Å². The first kappa shape index (κ1) is 21.4. The van der Waals surface area contributed by atoms with Crippen molar-refractivity contribution in [2.24, 2.45) is 5.92 Å². The highest BCUT2D eigenvalue weighted by molar-refractivity contribution is 6.09. The molecule has 6 nitrogen and oxygen atoms in total. The molecule has 2 aromatic carbocycles. The van der Waals surface area contributed by atoms with Crippen molar-refractivity contribution in [3.8, 4) is 11.5 Å². The van der Waals surface area contributed by atoms with E-state index in [1.807, 2.05) is 55.5 Å². The zero-order chi connectivity index (χ0) is 21.8. The normalized spacial score (nSPS) is 16.4. The van der Waals surface area contributed by atoms with E-state index in [4.69, 9.17) is 9.47 Å². The van der Waals surface area contributed by atoms with Crippen LogP contribution in [0.15, 0.2) is 59.9 Å². The van der Waals surface area contributed by atoms with E-state index in [-0.39, 0.29) is 23.8 Å². The monoisotopic (exact) mass is 409 g/mol. The van der Waals surface area contributed by atoms with Crippen molar-refractivity contribution in [2.45, 2.75) is 33.4 Å². The van der Waals surface area contributed by atoms with Gasteiger partial charge in [0.25, 0.3) is 5.91 Å². The molecular formula is C24H27NO5. The van der Waals surface area contributed by atoms with E-state index in [2.05, 4.69) is 0 Å². The lowest BCUT2D eigenvalue weighted by molar-refractivity contribution is -0.130. The lowest BCUT2D eigenvalue weighted by atomic mass is 9.91. The molecule has 6 heteroatoms. The Labute approximate surface area is 176 Å². The fraction of sp³-hybridized carbons (Fsp3) is 0.333. The maximum atomic E-state index is 13.0. The van der Waals surface area contributed by atoms with Gasteiger partial charge in [-0.05, 0) is 42.3 Å². The maximum absolute atomic E-state index is 13.0. The van der Waals surface area contributed by atoms with Crippen LogP contribution < -0.4 is 9.47 Å². The number of benzene rings is 2. The highest BCUT2D eigenvalue weighted by Gasteiger charge is 2.44. The number of carbonyl (C=O) groups excluding carboxylic acids is 2. The molecule has 158 valence electrons. The molecule has 1 amide bonds. The molecule has 0 radical (unpaired) electrons. The van der Waals surface area contributed by atoms with Crippen LogP contribution in [0.1, 0.15) is 37.9 Å². The number of carbonyl (C=O) groups is 2. The third-order valence-electron chi connectivity index (χ3n) is 5.09. The van der Waals surface area contributed by atoms with Crippen molar-refractivity contribution in [1.29, 1.82) is 0 Å². The Morgan fingerprint density at radius 2 is 1.83 bits per heavy atom. The lowest BCUT2D eigenvalue weighted by Gasteiger charge is -2.27. The predicted octanol–water partition coefficient (Wildman–Crippen LogP) is 4.21. The number of ketones is 1. The number of ether oxygens (including phenoxy) is 2. The Balaban J connectivity index is 2.04. The Kier molecular flexibility index (Phi) is 6.45. The van der Waals surface area contributed by atoms with Crippen LogP contribution in [-0.4, -0.2) is 35.4 Å². The zero-order valence-electron chi connectivity index (χ0n) is 17.7. The van der Waals surface area contributed by atoms with Crippen LogP contribution in [0.5, 0.6) is 11.5 Å². The standard InChI is InChI=1S/C24H27NO5/c1-5-30-19-8-6-7-17(13-19)21-20(22(26)15(2)3)23(27)24(28)25(21)14-16-9-11-18(29-4)12-10-16/h6-13,15,21,27H,5,14H2,1-4H3. The number of nitrogens with zero attached hydrogens (tertiary/aromatic N) is 1. The van der Waals surface area contributed by atoms with Gasteiger partial charge in [0.2, 0.25) is 0 Å². The molecule has 30 heavy (non-hydrogen) atoms. The molecule has 1 aliphatic rings. The van der Waals surface area contributed by atoms with Crippen molar-refractivity contribution in [1.82, 2.24) is 4.90 Å². The average molecular weight is 409 g/mol. The zero-order valence-corrected chi connectivity index (χ0v) is 17.7. The van der Waals surface area contributed by atoms with Gasteiger partial charge in [0, 0.05) is 12.5 Å². The third kappa shape index (κ3) is 4.17. The predicted molar refractivity (Wildman–Crippen MR) is 113 cm³/mol. The molecule has 0 spiro atoms. The van der Waals surface area contributed by atoms with Crippen molar-refractivity contribution in [3.05, 3.63) is 71.0 Å². The summed E-state index contributed by atoms with van der Waals surface area (Å²) >= 11 is 0. The van der Waals surface area contributed by atoms with E-state index in [1.54, 1.807) is 21.0 Å². The molecule has 0 saturated heterocycles. The van der Waals surface area contributed by atoms with Crippen molar-refractivity contribution in [3.63, 3.8) is 0 Å². The van der Waals surface area contributed by atoms with E-state index in [9.17, 15) is 14.7 Å². The van der Waals surface area contributed by atoms with Gasteiger partial charge in [-0.1, -0.05) is 38.1 Å². The Morgan fingerprint density at radius 1 is 1.13 bits per heavy atom. The summed E-state index contributed by atoms with van der Waals surface area (Å²) in [7, 11) is 1.59. The number of hydrogen-bond acceptors (Lipinski definition) is 5. The lowest BCUT2D eigenvalue weighted by Crippen LogP contribution is -2.31. The van der Waals surface area contributed by atoms with E-state index >= 15 is 0 Å². The van der Waals surface area contributed by atoms with Gasteiger partial charge in [0.05, 0.1) is 25.3 Å². The second-order valence-electron chi connectivity index (χ2n) is 7.47. The first-order valence-corrected chi connectivity index (χ1v) is 10.0. The second-order valence-corrected chi connectivity index (χ2v) is 7.47. The Morgan fingerprint density at radius 3 is 2.43 bits per heavy atom. The molecule has 0 aromatic heterocycles. The number of aliphatic hydroxyl groups excluding tert-OH is 1. The van der Waals surface area contributed by atoms with Gasteiger partial charge in [-0.15, -0.1) is 0 Å². The highest BCUT2D eigenvalue weighted by Crippen LogP contribution is 2.40. The van der Waals surface area contributed by atoms with Crippen LogP contribution in [0.25, 0.3) is 0 Å². The number of Topliss-reactive ketones (excluding diaryl/α,β-unsaturated/α-hetero) is 1. The van der Waals surface area contributed by atoms with E-state index < -0.39 is 17.7 Å². The van der Waals surface area contributed by atoms with Gasteiger partial charge in [-0.3, -0.25) is 9.59 Å². The number of hydrogen-bond donors (Lipinski definition) is 1. The summed E-state index contributed by atoms with van der Waals surface area (Å²) < 4.78 is 10.8. The summed E-state index contributed by atoms with van der Waals surface area (Å²) in [5, 5.41) is 10.6. The minimum absolute atomic E-state index is 0.136. The first-order chi connectivity index (χ1) is 14.4. The summed E-state index contributed by atoms with van der Waals surface area (Å²) in [4.78, 5) is 27.4. The molecule has 1 heterocycles. The summed E-state index contributed by atoms with van der Waals surface area (Å²) in [6, 6.07) is 14.0. The van der Waals surface area contributed by atoms with Crippen LogP contribution in [-0.2, 0) is 16.1 Å². The van der Waals surface area contributed by atoms with Gasteiger partial charge in [-0.2, -0.15) is 0 Å². The summed E-state index contributed by atoms with van der Waals surface area (Å²) in [5.74, 6) is -0.271. The largest absolute Gasteiger partial charge is 0.503 e. The molecule has 0 bridgehead atoms. The van der Waals surface area contributed by atoms with E-state index in [0.717, 1.165) is 11.1 Å². The molecule has 0 saturated carbocycles. The smallest absolute Gasteiger partial charge is 0.290 e. The Hall–Kier alpha value is -3.28. The van der Waals surface area contributed by atoms with E-state index in [1.165, 1.54) is 4.90 Å². The molecule has 0 aliphatic carbocycles. The molecule has 1 unspecified atom stereocenters. The molecule has 1 N–H and O–H groups in total. The fourth-order valence-corrected chi connectivity index (χ4v) is 3.59. The van der Waals surface area contributed by atoms with Gasteiger partial charge in [0.1, 0.15) is 11.5 Å². The number of aliphatic hydroxyl groups is 1. The third-order valence-corrected chi connectivity index (χ3v) is 5.09. The van der Waals surface area contributed by atoms with Crippen molar-refractivity contribution in [2.75, 3.05) is 13.7 Å². The van der Waals surface area contributed by atoms with Crippen LogP contribution in [0.4, 0.5) is 0 Å². The van der Waals surface area contributed by atoms with Crippen LogP contribution >= 0.6 is 0 Å². The maximum Gasteiger partial charge on any atom is 0.290 e. The SMILES string of the molecule is CCOc1cccc(C2C(C(=O)C(C)C)=C(O)C(=O)N2Cc2ccc(OC)cc2)c1. The molecule has 3 rings (SSSR count). The molecule has 2 aromatic rings. The van der Waals surface area contributed by atoms with E-state index in [0.29, 0.717) is 18.1 Å². The summed E-state index contributed by atoms with van der Waals surface area (Å²) in [6.45, 7) is 6.15. The average Bonchev–Trinajstić information content (AvgIpc) is 2.99. The highest BCUT2D eigenvalue weighted by atomic mass is 16.5. The minimum atomic E-state index is -0.685. The first-order valence-electron chi connectivity index (χ1n) is 10.0. The van der Waals surface area contributed by atoms with Gasteiger partial charge in [-0.25, -0.2) is 0 Å². The minimum Gasteiger partial charge on any atom is -0.503 e. The number of amides is 1. The molecule has 1 atom stereocenters. The summed E-state index contributed by atoms with van der Waals surface area (Å²) in [5.41, 5.74) is 1.72. The Bertz CT molecular complexity index is 962. The van der Waals surface area contributed by atoms with Crippen LogP contribution in [0, 0.1) is 5.92 Å². The van der Waals surface area contributed by atoms with Gasteiger partial charge < -0.3 is 19.5 Å². The molecule has 0 fully saturated rings. The molecular weight excluding hydrogens is 382 g/mol. The number of rotatable bonds is 8. The van der Waals surface area contributed by atoms with Gasteiger partial charge in [0.15, 0.2) is 11.5 Å².